The maximum absolute atomic E-state index is 12.6. The number of hydrogen-bond donors (Lipinski definition) is 3. The SMILES string of the molecule is COc1ccccc1SC[C@@H]1O[C@H](c2ccc(-c3ccccc3CNC(=O)NCc3ccccc3)cc2)O[C@H](c2ccc(CO)cc2)[C@@H]1C. The van der Waals surface area contributed by atoms with E-state index in [1.165, 1.54) is 0 Å². The molecule has 1 fully saturated rings. The van der Waals surface area contributed by atoms with Crippen molar-refractivity contribution in [2.45, 2.75) is 50.0 Å². The monoisotopic (exact) mass is 674 g/mol. The molecular weight excluding hydrogens is 633 g/mol. The first kappa shape index (κ1) is 34.3. The van der Waals surface area contributed by atoms with Gasteiger partial charge in [0.2, 0.25) is 0 Å². The summed E-state index contributed by atoms with van der Waals surface area (Å²) >= 11 is 1.72. The topological polar surface area (TPSA) is 89.1 Å². The fourth-order valence-corrected chi connectivity index (χ4v) is 7.21. The van der Waals surface area contributed by atoms with Gasteiger partial charge in [0.1, 0.15) is 5.75 Å². The van der Waals surface area contributed by atoms with Crippen LogP contribution in [0.5, 0.6) is 5.75 Å². The molecule has 0 saturated carbocycles. The lowest BCUT2D eigenvalue weighted by Crippen LogP contribution is -2.38. The Hall–Kier alpha value is -4.60. The first-order chi connectivity index (χ1) is 24.0. The highest BCUT2D eigenvalue weighted by atomic mass is 32.2. The molecule has 1 saturated heterocycles. The van der Waals surface area contributed by atoms with Crippen LogP contribution >= 0.6 is 11.8 Å². The van der Waals surface area contributed by atoms with Gasteiger partial charge in [-0.05, 0) is 45.5 Å². The molecule has 1 heterocycles. The van der Waals surface area contributed by atoms with Crippen LogP contribution in [0, 0.1) is 5.92 Å². The van der Waals surface area contributed by atoms with E-state index in [-0.39, 0.29) is 30.8 Å². The predicted molar refractivity (Wildman–Crippen MR) is 194 cm³/mol. The summed E-state index contributed by atoms with van der Waals surface area (Å²) in [4.78, 5) is 13.6. The molecule has 5 aromatic rings. The predicted octanol–water partition coefficient (Wildman–Crippen LogP) is 8.44. The molecule has 6 rings (SSSR count). The Balaban J connectivity index is 1.17. The molecule has 8 heteroatoms. The molecular formula is C41H42N2O5S. The molecule has 0 spiro atoms. The third kappa shape index (κ3) is 8.71. The zero-order chi connectivity index (χ0) is 34.0. The van der Waals surface area contributed by atoms with Crippen molar-refractivity contribution in [3.05, 3.63) is 155 Å². The van der Waals surface area contributed by atoms with Gasteiger partial charge in [-0.25, -0.2) is 4.79 Å². The van der Waals surface area contributed by atoms with Gasteiger partial charge < -0.3 is 30.0 Å². The summed E-state index contributed by atoms with van der Waals surface area (Å²) in [5.41, 5.74) is 6.99. The number of aliphatic hydroxyl groups is 1. The van der Waals surface area contributed by atoms with Crippen molar-refractivity contribution in [1.29, 1.82) is 0 Å². The maximum atomic E-state index is 12.6. The standard InChI is InChI=1S/C41H42N2O5S/c1-28-37(27-49-38-15-9-8-14-36(38)46-2)47-40(48-39(28)32-18-16-30(26-44)17-19-32)33-22-20-31(21-23-33)35-13-7-6-12-34(35)25-43-41(45)42-24-29-10-4-3-5-11-29/h3-23,28,37,39-40,44H,24-27H2,1-2H3,(H2,42,43,45)/t28-,37+,39+,40+/m1/s1. The van der Waals surface area contributed by atoms with Crippen molar-refractivity contribution in [2.75, 3.05) is 12.9 Å². The molecule has 0 unspecified atom stereocenters. The van der Waals surface area contributed by atoms with Gasteiger partial charge >= 0.3 is 6.03 Å². The van der Waals surface area contributed by atoms with E-state index in [4.69, 9.17) is 14.2 Å². The largest absolute Gasteiger partial charge is 0.496 e. The van der Waals surface area contributed by atoms with Gasteiger partial charge in [-0.2, -0.15) is 0 Å². The molecule has 2 amide bonds. The second-order valence-electron chi connectivity index (χ2n) is 12.1. The number of ether oxygens (including phenoxy) is 3. The molecule has 252 valence electrons. The number of methoxy groups -OCH3 is 1. The first-order valence-electron chi connectivity index (χ1n) is 16.5. The van der Waals surface area contributed by atoms with Crippen LogP contribution in [-0.4, -0.2) is 30.1 Å². The molecule has 1 aliphatic rings. The Morgan fingerprint density at radius 3 is 2.18 bits per heavy atom. The highest BCUT2D eigenvalue weighted by Crippen LogP contribution is 2.44. The van der Waals surface area contributed by atoms with Crippen LogP contribution in [0.25, 0.3) is 11.1 Å². The Kier molecular flexibility index (Phi) is 11.7. The smallest absolute Gasteiger partial charge is 0.315 e. The Labute approximate surface area is 292 Å². The summed E-state index contributed by atoms with van der Waals surface area (Å²) in [7, 11) is 1.69. The van der Waals surface area contributed by atoms with Crippen LogP contribution < -0.4 is 15.4 Å². The number of aliphatic hydroxyl groups excluding tert-OH is 1. The zero-order valence-electron chi connectivity index (χ0n) is 27.8. The molecule has 5 aromatic carbocycles. The zero-order valence-corrected chi connectivity index (χ0v) is 28.6. The first-order valence-corrected chi connectivity index (χ1v) is 17.5. The molecule has 0 radical (unpaired) electrons. The van der Waals surface area contributed by atoms with Gasteiger partial charge in [0.25, 0.3) is 0 Å². The second kappa shape index (κ2) is 16.7. The van der Waals surface area contributed by atoms with Crippen molar-refractivity contribution in [3.63, 3.8) is 0 Å². The Morgan fingerprint density at radius 2 is 1.43 bits per heavy atom. The van der Waals surface area contributed by atoms with Crippen molar-refractivity contribution in [1.82, 2.24) is 10.6 Å². The van der Waals surface area contributed by atoms with E-state index in [1.807, 2.05) is 91.0 Å². The van der Waals surface area contributed by atoms with Crippen LogP contribution in [0.1, 0.15) is 47.1 Å². The summed E-state index contributed by atoms with van der Waals surface area (Å²) in [5, 5.41) is 15.5. The normalized spacial score (nSPS) is 18.8. The fourth-order valence-electron chi connectivity index (χ4n) is 6.01. The van der Waals surface area contributed by atoms with Crippen LogP contribution in [0.15, 0.2) is 132 Å². The third-order valence-electron chi connectivity index (χ3n) is 8.84. The van der Waals surface area contributed by atoms with E-state index >= 15 is 0 Å². The van der Waals surface area contributed by atoms with Gasteiger partial charge in [0.05, 0.1) is 25.9 Å². The molecule has 7 nitrogen and oxygen atoms in total. The number of benzene rings is 5. The summed E-state index contributed by atoms with van der Waals surface area (Å²) < 4.78 is 19.0. The Morgan fingerprint density at radius 1 is 0.755 bits per heavy atom. The Bertz CT molecular complexity index is 1800. The molecule has 3 N–H and O–H groups in total. The highest BCUT2D eigenvalue weighted by Gasteiger charge is 2.38. The minimum Gasteiger partial charge on any atom is -0.496 e. The molecule has 0 aromatic heterocycles. The summed E-state index contributed by atoms with van der Waals surface area (Å²) in [5.74, 6) is 1.64. The molecule has 0 aliphatic carbocycles. The third-order valence-corrected chi connectivity index (χ3v) is 9.99. The lowest BCUT2D eigenvalue weighted by molar-refractivity contribution is -0.268. The molecule has 0 bridgehead atoms. The van der Waals surface area contributed by atoms with Crippen molar-refractivity contribution in [2.24, 2.45) is 5.92 Å². The molecule has 1 aliphatic heterocycles. The summed E-state index contributed by atoms with van der Waals surface area (Å²) in [6.07, 6.45) is -0.869. The van der Waals surface area contributed by atoms with Crippen molar-refractivity contribution in [3.8, 4) is 16.9 Å². The minimum absolute atomic E-state index is 0.00172. The van der Waals surface area contributed by atoms with Gasteiger partial charge in [-0.1, -0.05) is 122 Å². The van der Waals surface area contributed by atoms with E-state index in [1.54, 1.807) is 18.9 Å². The van der Waals surface area contributed by atoms with Crippen LogP contribution in [0.3, 0.4) is 0 Å². The van der Waals surface area contributed by atoms with E-state index in [9.17, 15) is 9.90 Å². The van der Waals surface area contributed by atoms with E-state index in [0.717, 1.165) is 55.3 Å². The maximum Gasteiger partial charge on any atom is 0.315 e. The average molecular weight is 675 g/mol. The lowest BCUT2D eigenvalue weighted by Gasteiger charge is -2.41. The molecule has 4 atom stereocenters. The quantitative estimate of drug-likeness (QED) is 0.115. The van der Waals surface area contributed by atoms with Crippen molar-refractivity contribution >= 4 is 17.8 Å². The van der Waals surface area contributed by atoms with Gasteiger partial charge in [-0.15, -0.1) is 11.8 Å². The van der Waals surface area contributed by atoms with E-state index < -0.39 is 6.29 Å². The van der Waals surface area contributed by atoms with Crippen LogP contribution in [0.4, 0.5) is 4.79 Å². The number of amides is 2. The minimum atomic E-state index is -0.568. The number of carbonyl (C=O) groups excluding carboxylic acids is 1. The number of carbonyl (C=O) groups is 1. The molecule has 49 heavy (non-hydrogen) atoms. The van der Waals surface area contributed by atoms with Gasteiger partial charge in [0, 0.05) is 35.2 Å². The van der Waals surface area contributed by atoms with Crippen LogP contribution in [0.2, 0.25) is 0 Å². The summed E-state index contributed by atoms with van der Waals surface area (Å²) in [6, 6.07) is 42.0. The number of urea groups is 1. The lowest BCUT2D eigenvalue weighted by atomic mass is 9.91. The highest BCUT2D eigenvalue weighted by molar-refractivity contribution is 7.99. The van der Waals surface area contributed by atoms with Gasteiger partial charge in [-0.3, -0.25) is 0 Å². The average Bonchev–Trinajstić information content (AvgIpc) is 3.16. The van der Waals surface area contributed by atoms with Crippen molar-refractivity contribution < 1.29 is 24.1 Å². The second-order valence-corrected chi connectivity index (χ2v) is 13.1. The number of hydrogen-bond acceptors (Lipinski definition) is 6. The number of thioether (sulfide) groups is 1. The van der Waals surface area contributed by atoms with Crippen LogP contribution in [-0.2, 0) is 29.2 Å². The number of para-hydroxylation sites is 1. The number of nitrogens with one attached hydrogen (secondary N) is 2. The summed E-state index contributed by atoms with van der Waals surface area (Å²) in [6.45, 7) is 3.03. The number of rotatable bonds is 12. The fraction of sp³-hybridized carbons (Fsp3) is 0.244. The van der Waals surface area contributed by atoms with Gasteiger partial charge in [0.15, 0.2) is 6.29 Å². The van der Waals surface area contributed by atoms with E-state index in [0.29, 0.717) is 13.1 Å². The van der Waals surface area contributed by atoms with E-state index in [2.05, 4.69) is 54.0 Å².